The van der Waals surface area contributed by atoms with E-state index in [1.807, 2.05) is 79.4 Å². The number of nitrogen functional groups attached to an aromatic ring is 2. The van der Waals surface area contributed by atoms with Gasteiger partial charge < -0.3 is 21.5 Å². The number of allylic oxidation sites excluding steroid dienone is 4. The Morgan fingerprint density at radius 1 is 1.00 bits per heavy atom. The summed E-state index contributed by atoms with van der Waals surface area (Å²) in [5.41, 5.74) is 17.5. The van der Waals surface area contributed by atoms with Gasteiger partial charge >= 0.3 is 0 Å². The number of nitrogens with one attached hydrogen (secondary N) is 1. The number of imidazole rings is 1. The van der Waals surface area contributed by atoms with Crippen molar-refractivity contribution in [3.8, 4) is 5.75 Å². The highest BCUT2D eigenvalue weighted by Crippen LogP contribution is 2.34. The van der Waals surface area contributed by atoms with Gasteiger partial charge in [-0.05, 0) is 67.6 Å². The zero-order valence-corrected chi connectivity index (χ0v) is 20.2. The number of aryl methyl sites for hydroxylation is 2. The molecule has 0 spiro atoms. The summed E-state index contributed by atoms with van der Waals surface area (Å²) in [6, 6.07) is 11.3. The van der Waals surface area contributed by atoms with Crippen molar-refractivity contribution in [2.75, 3.05) is 29.9 Å². The zero-order chi connectivity index (χ0) is 24.6. The number of hydrogen-bond donors (Lipinski definition) is 3. The van der Waals surface area contributed by atoms with Crippen LogP contribution in [0, 0.1) is 0 Å². The maximum atomic E-state index is 6.21. The quantitative estimate of drug-likeness (QED) is 0.187. The summed E-state index contributed by atoms with van der Waals surface area (Å²) >= 11 is 0. The van der Waals surface area contributed by atoms with Crippen molar-refractivity contribution in [3.05, 3.63) is 79.4 Å². The van der Waals surface area contributed by atoms with Gasteiger partial charge in [0.1, 0.15) is 18.1 Å². The monoisotopic (exact) mass is 470 g/mol. The van der Waals surface area contributed by atoms with Crippen molar-refractivity contribution in [2.24, 2.45) is 17.0 Å². The molecule has 1 aromatic heterocycles. The predicted molar refractivity (Wildman–Crippen MR) is 144 cm³/mol. The highest BCUT2D eigenvalue weighted by atomic mass is 16.5. The third kappa shape index (κ3) is 6.60. The minimum absolute atomic E-state index is 0.520. The first-order chi connectivity index (χ1) is 17.0. The lowest BCUT2D eigenvalue weighted by atomic mass is 10.1. The molecule has 0 saturated carbocycles. The molecule has 0 aliphatic heterocycles. The molecule has 3 aromatic rings. The second-order valence-electron chi connectivity index (χ2n) is 8.26. The lowest BCUT2D eigenvalue weighted by molar-refractivity contribution is -0.671. The molecule has 0 bridgehead atoms. The minimum Gasteiger partial charge on any atom is -0.494 e. The Balaban J connectivity index is 1.39. The molecule has 8 nitrogen and oxygen atoms in total. The molecular weight excluding hydrogens is 438 g/mol. The summed E-state index contributed by atoms with van der Waals surface area (Å²) < 4.78 is 9.69. The summed E-state index contributed by atoms with van der Waals surface area (Å²) in [5, 5.41) is 3.33. The van der Waals surface area contributed by atoms with Gasteiger partial charge in [-0.2, -0.15) is 0 Å². The highest BCUT2D eigenvalue weighted by molar-refractivity contribution is 6.19. The van der Waals surface area contributed by atoms with Crippen LogP contribution >= 0.6 is 0 Å². The Labute approximate surface area is 206 Å². The number of aliphatic imine (C=N–C) groups is 2. The third-order valence-corrected chi connectivity index (χ3v) is 5.43. The van der Waals surface area contributed by atoms with Crippen molar-refractivity contribution in [1.29, 1.82) is 0 Å². The normalized spacial score (nSPS) is 12.6. The topological polar surface area (TPSA) is 107 Å². The largest absolute Gasteiger partial charge is 0.494 e. The lowest BCUT2D eigenvalue weighted by Gasteiger charge is -2.13. The summed E-state index contributed by atoms with van der Waals surface area (Å²) in [7, 11) is 2.02. The molecule has 0 radical (unpaired) electrons. The van der Waals surface area contributed by atoms with E-state index in [0.717, 1.165) is 48.1 Å². The van der Waals surface area contributed by atoms with Crippen molar-refractivity contribution in [2.45, 2.75) is 19.9 Å². The molecule has 0 amide bonds. The van der Waals surface area contributed by atoms with E-state index in [0.29, 0.717) is 23.7 Å². The van der Waals surface area contributed by atoms with E-state index in [9.17, 15) is 0 Å². The molecule has 1 heterocycles. The van der Waals surface area contributed by atoms with Gasteiger partial charge in [0.2, 0.25) is 6.33 Å². The van der Waals surface area contributed by atoms with Crippen LogP contribution in [0.2, 0.25) is 0 Å². The number of aromatic nitrogens is 2. The fraction of sp³-hybridized carbons (Fsp3) is 0.222. The van der Waals surface area contributed by atoms with E-state index in [1.54, 1.807) is 6.07 Å². The molecule has 1 aliphatic rings. The van der Waals surface area contributed by atoms with Gasteiger partial charge in [-0.25, -0.2) is 14.1 Å². The number of benzene rings is 2. The smallest absolute Gasteiger partial charge is 0.243 e. The number of rotatable bonds is 9. The first-order valence-electron chi connectivity index (χ1n) is 11.7. The molecule has 180 valence electrons. The van der Waals surface area contributed by atoms with Crippen LogP contribution < -0.4 is 26.1 Å². The van der Waals surface area contributed by atoms with Gasteiger partial charge in [-0.3, -0.25) is 4.99 Å². The van der Waals surface area contributed by atoms with E-state index >= 15 is 0 Å². The van der Waals surface area contributed by atoms with Crippen LogP contribution in [0.4, 0.5) is 28.4 Å². The second kappa shape index (κ2) is 11.2. The average molecular weight is 471 g/mol. The maximum absolute atomic E-state index is 6.21. The van der Waals surface area contributed by atoms with E-state index in [2.05, 4.69) is 27.4 Å². The molecule has 4 rings (SSSR count). The fourth-order valence-corrected chi connectivity index (χ4v) is 3.65. The SMILES string of the molecule is CCOc1ccc(Nc2cc(N=C3C=CC(=NCCCn4cc[n+](C)c4)C=C3)c(N)cc2N)cc1. The lowest BCUT2D eigenvalue weighted by Crippen LogP contribution is -2.23. The summed E-state index contributed by atoms with van der Waals surface area (Å²) in [5.74, 6) is 0.823. The van der Waals surface area contributed by atoms with E-state index in [-0.39, 0.29) is 0 Å². The van der Waals surface area contributed by atoms with Crippen LogP contribution in [0.15, 0.2) is 89.4 Å². The van der Waals surface area contributed by atoms with E-state index in [4.69, 9.17) is 21.2 Å². The molecule has 5 N–H and O–H groups in total. The van der Waals surface area contributed by atoms with Gasteiger partial charge in [-0.15, -0.1) is 0 Å². The fourth-order valence-electron chi connectivity index (χ4n) is 3.65. The molecule has 2 aromatic carbocycles. The molecule has 1 aliphatic carbocycles. The van der Waals surface area contributed by atoms with Crippen LogP contribution in [-0.4, -0.2) is 29.1 Å². The van der Waals surface area contributed by atoms with Crippen LogP contribution in [0.3, 0.4) is 0 Å². The Bertz CT molecular complexity index is 1270. The van der Waals surface area contributed by atoms with Gasteiger partial charge in [0.05, 0.1) is 54.4 Å². The number of nitrogens with two attached hydrogens (primary N) is 2. The Hall–Kier alpha value is -4.33. The van der Waals surface area contributed by atoms with Gasteiger partial charge in [0.25, 0.3) is 0 Å². The Morgan fingerprint density at radius 2 is 1.74 bits per heavy atom. The van der Waals surface area contributed by atoms with Gasteiger partial charge in [0, 0.05) is 18.7 Å². The van der Waals surface area contributed by atoms with Crippen molar-refractivity contribution >= 4 is 39.9 Å². The number of nitrogens with zero attached hydrogens (tertiary/aromatic N) is 4. The molecular formula is C27H32N7O+. The maximum Gasteiger partial charge on any atom is 0.243 e. The molecule has 35 heavy (non-hydrogen) atoms. The van der Waals surface area contributed by atoms with E-state index in [1.165, 1.54) is 0 Å². The Morgan fingerprint density at radius 3 is 2.43 bits per heavy atom. The number of hydrogen-bond acceptors (Lipinski definition) is 6. The van der Waals surface area contributed by atoms with Gasteiger partial charge in [0.15, 0.2) is 0 Å². The van der Waals surface area contributed by atoms with Crippen LogP contribution in [0.25, 0.3) is 0 Å². The highest BCUT2D eigenvalue weighted by Gasteiger charge is 2.08. The van der Waals surface area contributed by atoms with Crippen molar-refractivity contribution < 1.29 is 9.30 Å². The molecule has 8 heteroatoms. The van der Waals surface area contributed by atoms with E-state index < -0.39 is 0 Å². The van der Waals surface area contributed by atoms with Crippen molar-refractivity contribution in [1.82, 2.24) is 4.57 Å². The molecule has 0 atom stereocenters. The van der Waals surface area contributed by atoms with Crippen LogP contribution in [0.5, 0.6) is 5.75 Å². The number of anilines is 4. The van der Waals surface area contributed by atoms with Crippen LogP contribution in [0.1, 0.15) is 13.3 Å². The summed E-state index contributed by atoms with van der Waals surface area (Å²) in [4.78, 5) is 9.38. The molecule has 0 fully saturated rings. The molecule has 0 saturated heterocycles. The standard InChI is InChI=1S/C27H32N7O/c1-3-35-23-11-9-22(10-12-23)32-27-18-26(24(28)17-25(27)29)31-21-7-5-20(6-8-21)30-13-4-14-34-16-15-33(2)19-34/h5-12,15-19,32H,3-4,13-14,28-29H2,1-2H3/q+1. The third-order valence-electron chi connectivity index (χ3n) is 5.43. The average Bonchev–Trinajstić information content (AvgIpc) is 3.27. The first-order valence-corrected chi connectivity index (χ1v) is 11.7. The zero-order valence-electron chi connectivity index (χ0n) is 20.2. The number of ether oxygens (including phenoxy) is 1. The van der Waals surface area contributed by atoms with Gasteiger partial charge in [-0.1, -0.05) is 0 Å². The van der Waals surface area contributed by atoms with Crippen LogP contribution in [-0.2, 0) is 13.6 Å². The minimum atomic E-state index is 0.520. The Kier molecular flexibility index (Phi) is 7.62. The summed E-state index contributed by atoms with van der Waals surface area (Å²) in [6.07, 6.45) is 15.0. The second-order valence-corrected chi connectivity index (χ2v) is 8.26. The molecule has 0 unspecified atom stereocenters. The predicted octanol–water partition coefficient (Wildman–Crippen LogP) is 4.35. The van der Waals surface area contributed by atoms with Crippen molar-refractivity contribution in [3.63, 3.8) is 0 Å². The summed E-state index contributed by atoms with van der Waals surface area (Å²) in [6.45, 7) is 4.30. The first kappa shape index (κ1) is 23.8.